The number of hydrogen-bond donors (Lipinski definition) is 2. The van der Waals surface area contributed by atoms with Crippen LogP contribution in [0, 0.1) is 0 Å². The van der Waals surface area contributed by atoms with E-state index in [1.54, 1.807) is 0 Å². The number of furan rings is 1. The van der Waals surface area contributed by atoms with Gasteiger partial charge in [0.25, 0.3) is 5.91 Å². The highest BCUT2D eigenvalue weighted by atomic mass is 16.5. The normalized spacial score (nSPS) is 16.7. The zero-order valence-electron chi connectivity index (χ0n) is 12.5. The quantitative estimate of drug-likeness (QED) is 0.798. The van der Waals surface area contributed by atoms with Gasteiger partial charge in [-0.2, -0.15) is 0 Å². The average Bonchev–Trinajstić information content (AvgIpc) is 2.97. The van der Waals surface area contributed by atoms with E-state index in [4.69, 9.17) is 14.3 Å². The molecule has 6 nitrogen and oxygen atoms in total. The lowest BCUT2D eigenvalue weighted by atomic mass is 9.98. The third-order valence-corrected chi connectivity index (χ3v) is 3.81. The number of aromatic carboxylic acids is 1. The average molecular weight is 315 g/mol. The van der Waals surface area contributed by atoms with Crippen LogP contribution in [0.3, 0.4) is 0 Å². The van der Waals surface area contributed by atoms with E-state index < -0.39 is 11.9 Å². The first-order chi connectivity index (χ1) is 11.1. The molecule has 1 amide bonds. The van der Waals surface area contributed by atoms with Crippen molar-refractivity contribution in [2.45, 2.75) is 25.5 Å². The molecule has 0 bridgehead atoms. The summed E-state index contributed by atoms with van der Waals surface area (Å²) in [7, 11) is 0. The topological polar surface area (TPSA) is 88.8 Å². The Labute approximate surface area is 133 Å². The van der Waals surface area contributed by atoms with Gasteiger partial charge in [-0.05, 0) is 12.0 Å². The van der Waals surface area contributed by atoms with Crippen LogP contribution in [0.2, 0.25) is 0 Å². The van der Waals surface area contributed by atoms with Crippen LogP contribution >= 0.6 is 0 Å². The first-order valence-electron chi connectivity index (χ1n) is 7.41. The number of amides is 1. The van der Waals surface area contributed by atoms with E-state index in [1.807, 2.05) is 30.3 Å². The zero-order chi connectivity index (χ0) is 16.2. The second-order valence-electron chi connectivity index (χ2n) is 5.45. The summed E-state index contributed by atoms with van der Waals surface area (Å²) < 4.78 is 10.9. The van der Waals surface area contributed by atoms with Crippen molar-refractivity contribution in [3.63, 3.8) is 0 Å². The number of rotatable bonds is 6. The molecule has 0 saturated carbocycles. The van der Waals surface area contributed by atoms with Crippen molar-refractivity contribution in [3.05, 3.63) is 59.0 Å². The second-order valence-corrected chi connectivity index (χ2v) is 5.45. The Balaban J connectivity index is 1.53. The summed E-state index contributed by atoms with van der Waals surface area (Å²) in [6.45, 7) is 1.03. The van der Waals surface area contributed by atoms with E-state index in [9.17, 15) is 9.59 Å². The molecule has 1 aromatic heterocycles. The molecule has 0 unspecified atom stereocenters. The molecule has 1 aromatic carbocycles. The third-order valence-electron chi connectivity index (χ3n) is 3.81. The largest absolute Gasteiger partial charge is 0.478 e. The molecule has 1 atom stereocenters. The predicted octanol–water partition coefficient (Wildman–Crippen LogP) is 2.24. The van der Waals surface area contributed by atoms with Crippen LogP contribution in [0.15, 0.2) is 41.0 Å². The predicted molar refractivity (Wildman–Crippen MR) is 81.3 cm³/mol. The van der Waals surface area contributed by atoms with Gasteiger partial charge in [0.15, 0.2) is 0 Å². The Morgan fingerprint density at radius 2 is 2.13 bits per heavy atom. The van der Waals surface area contributed by atoms with Gasteiger partial charge >= 0.3 is 5.97 Å². The number of carbonyl (C=O) groups is 2. The molecule has 1 aliphatic rings. The van der Waals surface area contributed by atoms with Crippen LogP contribution in [0.5, 0.6) is 0 Å². The highest BCUT2D eigenvalue weighted by molar-refractivity contribution is 6.06. The summed E-state index contributed by atoms with van der Waals surface area (Å²) in [6, 6.07) is 9.74. The molecular formula is C17H17NO5. The van der Waals surface area contributed by atoms with E-state index in [0.29, 0.717) is 31.8 Å². The van der Waals surface area contributed by atoms with Crippen molar-refractivity contribution in [2.75, 3.05) is 6.61 Å². The fourth-order valence-electron chi connectivity index (χ4n) is 2.65. The van der Waals surface area contributed by atoms with Gasteiger partial charge in [0.05, 0.1) is 12.2 Å². The number of benzene rings is 1. The Morgan fingerprint density at radius 1 is 1.35 bits per heavy atom. The van der Waals surface area contributed by atoms with Crippen LogP contribution in [0.1, 0.15) is 38.5 Å². The molecule has 120 valence electrons. The zero-order valence-corrected chi connectivity index (χ0v) is 12.5. The lowest BCUT2D eigenvalue weighted by molar-refractivity contribution is 0.0688. The third kappa shape index (κ3) is 3.43. The molecule has 2 N–H and O–H groups in total. The van der Waals surface area contributed by atoms with Gasteiger partial charge < -0.3 is 19.6 Å². The summed E-state index contributed by atoms with van der Waals surface area (Å²) in [5.41, 5.74) is 1.15. The lowest BCUT2D eigenvalue weighted by Crippen LogP contribution is -2.42. The van der Waals surface area contributed by atoms with Crippen molar-refractivity contribution in [1.29, 1.82) is 0 Å². The van der Waals surface area contributed by atoms with E-state index >= 15 is 0 Å². The van der Waals surface area contributed by atoms with Gasteiger partial charge in [0, 0.05) is 19.1 Å². The van der Waals surface area contributed by atoms with Crippen LogP contribution in [0.25, 0.3) is 0 Å². The number of carboxylic acid groups (broad SMARTS) is 1. The van der Waals surface area contributed by atoms with E-state index in [-0.39, 0.29) is 17.2 Å². The van der Waals surface area contributed by atoms with E-state index in [1.165, 1.54) is 0 Å². The lowest BCUT2D eigenvalue weighted by Gasteiger charge is -2.22. The molecule has 0 fully saturated rings. The summed E-state index contributed by atoms with van der Waals surface area (Å²) >= 11 is 0. The minimum atomic E-state index is -1.16. The smallest absolute Gasteiger partial charge is 0.339 e. The van der Waals surface area contributed by atoms with Crippen LogP contribution in [-0.4, -0.2) is 29.6 Å². The molecule has 0 radical (unpaired) electrons. The van der Waals surface area contributed by atoms with Crippen LogP contribution in [-0.2, 0) is 17.8 Å². The molecule has 0 aliphatic carbocycles. The number of nitrogens with one attached hydrogen (secondary N) is 1. The van der Waals surface area contributed by atoms with Crippen molar-refractivity contribution in [3.8, 4) is 0 Å². The highest BCUT2D eigenvalue weighted by Crippen LogP contribution is 2.24. The van der Waals surface area contributed by atoms with Gasteiger partial charge in [0.2, 0.25) is 0 Å². The first-order valence-corrected chi connectivity index (χ1v) is 7.41. The fourth-order valence-corrected chi connectivity index (χ4v) is 2.65. The fraction of sp³-hybridized carbons (Fsp3) is 0.294. The summed E-state index contributed by atoms with van der Waals surface area (Å²) in [6.07, 6.45) is 2.24. The second kappa shape index (κ2) is 6.66. The van der Waals surface area contributed by atoms with Crippen molar-refractivity contribution >= 4 is 11.9 Å². The number of carboxylic acids is 1. The molecule has 1 aliphatic heterocycles. The number of carbonyl (C=O) groups excluding carboxylic acids is 1. The van der Waals surface area contributed by atoms with Crippen molar-refractivity contribution in [2.24, 2.45) is 0 Å². The highest BCUT2D eigenvalue weighted by Gasteiger charge is 2.32. The monoisotopic (exact) mass is 315 g/mol. The molecule has 0 saturated heterocycles. The first kappa shape index (κ1) is 15.3. The molecule has 2 aromatic rings. The minimum Gasteiger partial charge on any atom is -0.478 e. The van der Waals surface area contributed by atoms with Gasteiger partial charge in [-0.15, -0.1) is 0 Å². The molecular weight excluding hydrogens is 298 g/mol. The Morgan fingerprint density at radius 3 is 2.87 bits per heavy atom. The number of ether oxygens (including phenoxy) is 1. The maximum atomic E-state index is 12.1. The van der Waals surface area contributed by atoms with E-state index in [2.05, 4.69) is 5.32 Å². The molecule has 23 heavy (non-hydrogen) atoms. The number of fused-ring (bicyclic) bond motifs is 1. The van der Waals surface area contributed by atoms with Crippen LogP contribution in [0.4, 0.5) is 0 Å². The van der Waals surface area contributed by atoms with Crippen molar-refractivity contribution < 1.29 is 23.8 Å². The standard InChI is InChI=1S/C17H17NO5/c19-16-15-13(17(20)21)10-23-14(15)8-12(18-16)6-7-22-9-11-4-2-1-3-5-11/h1-5,10,12H,6-9H2,(H,18,19)(H,20,21)/t12-/m1/s1. The molecule has 0 spiro atoms. The summed E-state index contributed by atoms with van der Waals surface area (Å²) in [5.74, 6) is -1.13. The maximum absolute atomic E-state index is 12.1. The Hall–Kier alpha value is -2.60. The minimum absolute atomic E-state index is 0.0868. The van der Waals surface area contributed by atoms with Gasteiger partial charge in [-0.25, -0.2) is 4.79 Å². The Kier molecular flexibility index (Phi) is 4.43. The maximum Gasteiger partial charge on any atom is 0.339 e. The molecule has 6 heteroatoms. The van der Waals surface area contributed by atoms with Gasteiger partial charge in [-0.3, -0.25) is 4.79 Å². The summed E-state index contributed by atoms with van der Waals surface area (Å²) in [5, 5.41) is 11.8. The van der Waals surface area contributed by atoms with Gasteiger partial charge in [-0.1, -0.05) is 30.3 Å². The van der Waals surface area contributed by atoms with Crippen LogP contribution < -0.4 is 5.32 Å². The SMILES string of the molecule is O=C(O)c1coc2c1C(=O)N[C@H](CCOCc1ccccc1)C2. The summed E-state index contributed by atoms with van der Waals surface area (Å²) in [4.78, 5) is 23.1. The molecule has 3 rings (SSSR count). The number of hydrogen-bond acceptors (Lipinski definition) is 4. The van der Waals surface area contributed by atoms with E-state index in [0.717, 1.165) is 11.8 Å². The van der Waals surface area contributed by atoms with Gasteiger partial charge in [0.1, 0.15) is 17.6 Å². The Bertz CT molecular complexity index is 707. The molecule has 2 heterocycles. The van der Waals surface area contributed by atoms with Crippen molar-refractivity contribution in [1.82, 2.24) is 5.32 Å².